The lowest BCUT2D eigenvalue weighted by Crippen LogP contribution is -2.41. The zero-order valence-electron chi connectivity index (χ0n) is 11.4. The van der Waals surface area contributed by atoms with E-state index in [1.807, 2.05) is 0 Å². The number of nitrogens with one attached hydrogen (secondary N) is 1. The van der Waals surface area contributed by atoms with Gasteiger partial charge in [0, 0.05) is 6.04 Å². The normalized spacial score (nSPS) is 17.8. The largest absolute Gasteiger partial charge is 0.314 e. The molecule has 1 N–H and O–H groups in total. The number of likely N-dealkylation sites (N-methyl/N-ethyl adjacent to an activating group) is 1. The van der Waals surface area contributed by atoms with E-state index in [2.05, 4.69) is 44.3 Å². The van der Waals surface area contributed by atoms with Crippen LogP contribution in [0.3, 0.4) is 0 Å². The molecule has 1 nitrogen and oxygen atoms in total. The fraction of sp³-hybridized carbons (Fsp3) is 0.625. The van der Waals surface area contributed by atoms with E-state index in [0.717, 1.165) is 12.5 Å². The molecule has 0 bridgehead atoms. The molecule has 2 rings (SSSR count). The maximum atomic E-state index is 3.68. The van der Waals surface area contributed by atoms with Crippen LogP contribution >= 0.6 is 0 Å². The third kappa shape index (κ3) is 3.10. The zero-order valence-corrected chi connectivity index (χ0v) is 11.4. The molecule has 0 amide bonds. The maximum absolute atomic E-state index is 3.68. The van der Waals surface area contributed by atoms with Crippen molar-refractivity contribution in [2.45, 2.75) is 52.5 Å². The Balaban J connectivity index is 2.07. The minimum Gasteiger partial charge on any atom is -0.314 e. The van der Waals surface area contributed by atoms with Crippen molar-refractivity contribution >= 4 is 0 Å². The Labute approximate surface area is 106 Å². The quantitative estimate of drug-likeness (QED) is 0.816. The van der Waals surface area contributed by atoms with Crippen molar-refractivity contribution in [1.29, 1.82) is 0 Å². The number of aryl methyl sites for hydroxylation is 2. The van der Waals surface area contributed by atoms with Crippen molar-refractivity contribution in [2.75, 3.05) is 6.54 Å². The molecule has 1 aromatic rings. The highest BCUT2D eigenvalue weighted by Gasteiger charge is 2.26. The van der Waals surface area contributed by atoms with Crippen LogP contribution in [0.4, 0.5) is 0 Å². The van der Waals surface area contributed by atoms with Crippen LogP contribution < -0.4 is 5.32 Å². The lowest BCUT2D eigenvalue weighted by molar-refractivity contribution is 0.229. The van der Waals surface area contributed by atoms with Crippen LogP contribution in [0, 0.1) is 19.8 Å². The molecule has 1 aliphatic rings. The average Bonchev–Trinajstić information content (AvgIpc) is 2.21. The predicted molar refractivity (Wildman–Crippen MR) is 74.4 cm³/mol. The molecule has 1 aromatic carbocycles. The summed E-state index contributed by atoms with van der Waals surface area (Å²) in [5, 5.41) is 3.68. The first-order chi connectivity index (χ1) is 8.20. The van der Waals surface area contributed by atoms with Gasteiger partial charge in [0.05, 0.1) is 0 Å². The second-order valence-corrected chi connectivity index (χ2v) is 5.49. The minimum atomic E-state index is 0.689. The van der Waals surface area contributed by atoms with E-state index in [9.17, 15) is 0 Å². The Hall–Kier alpha value is -0.820. The van der Waals surface area contributed by atoms with E-state index in [-0.39, 0.29) is 0 Å². The van der Waals surface area contributed by atoms with Gasteiger partial charge in [-0.1, -0.05) is 37.1 Å². The SMILES string of the molecule is CCNC(Cc1cc(C)ccc1C)C1CCC1. The Kier molecular flexibility index (Phi) is 4.22. The molecule has 1 heteroatoms. The van der Waals surface area contributed by atoms with Crippen molar-refractivity contribution < 1.29 is 0 Å². The molecular formula is C16H25N. The van der Waals surface area contributed by atoms with Crippen molar-refractivity contribution in [3.05, 3.63) is 34.9 Å². The third-order valence-corrected chi connectivity index (χ3v) is 4.13. The summed E-state index contributed by atoms with van der Waals surface area (Å²) in [6, 6.07) is 7.52. The topological polar surface area (TPSA) is 12.0 Å². The molecule has 0 saturated heterocycles. The first-order valence-electron chi connectivity index (χ1n) is 7.00. The second-order valence-electron chi connectivity index (χ2n) is 5.49. The summed E-state index contributed by atoms with van der Waals surface area (Å²) < 4.78 is 0. The zero-order chi connectivity index (χ0) is 12.3. The standard InChI is InChI=1S/C16H25N/c1-4-17-16(14-6-5-7-14)11-15-10-12(2)8-9-13(15)3/h8-10,14,16-17H,4-7,11H2,1-3H3. The molecule has 17 heavy (non-hydrogen) atoms. The highest BCUT2D eigenvalue weighted by Crippen LogP contribution is 2.31. The van der Waals surface area contributed by atoms with E-state index in [4.69, 9.17) is 0 Å². The van der Waals surface area contributed by atoms with Gasteiger partial charge in [0.2, 0.25) is 0 Å². The van der Waals surface area contributed by atoms with Crippen LogP contribution in [-0.4, -0.2) is 12.6 Å². The summed E-state index contributed by atoms with van der Waals surface area (Å²) >= 11 is 0. The Morgan fingerprint density at radius 2 is 2.06 bits per heavy atom. The molecule has 1 aliphatic carbocycles. The van der Waals surface area contributed by atoms with Crippen LogP contribution in [0.5, 0.6) is 0 Å². The molecule has 0 aliphatic heterocycles. The van der Waals surface area contributed by atoms with Crippen molar-refractivity contribution in [1.82, 2.24) is 5.32 Å². The molecule has 0 heterocycles. The van der Waals surface area contributed by atoms with E-state index in [1.54, 1.807) is 0 Å². The monoisotopic (exact) mass is 231 g/mol. The van der Waals surface area contributed by atoms with Crippen LogP contribution in [0.1, 0.15) is 42.9 Å². The van der Waals surface area contributed by atoms with E-state index in [0.29, 0.717) is 6.04 Å². The number of hydrogen-bond donors (Lipinski definition) is 1. The Morgan fingerprint density at radius 3 is 2.65 bits per heavy atom. The lowest BCUT2D eigenvalue weighted by Gasteiger charge is -2.34. The maximum Gasteiger partial charge on any atom is 0.0136 e. The van der Waals surface area contributed by atoms with E-state index >= 15 is 0 Å². The van der Waals surface area contributed by atoms with Gasteiger partial charge in [0.1, 0.15) is 0 Å². The molecule has 0 aromatic heterocycles. The highest BCUT2D eigenvalue weighted by atomic mass is 14.9. The second kappa shape index (κ2) is 5.68. The molecule has 94 valence electrons. The summed E-state index contributed by atoms with van der Waals surface area (Å²) in [6.45, 7) is 7.73. The van der Waals surface area contributed by atoms with Gasteiger partial charge in [-0.05, 0) is 56.7 Å². The average molecular weight is 231 g/mol. The minimum absolute atomic E-state index is 0.689. The number of hydrogen-bond acceptors (Lipinski definition) is 1. The Bertz CT molecular complexity index is 366. The molecule has 1 fully saturated rings. The van der Waals surface area contributed by atoms with Crippen LogP contribution in [0.15, 0.2) is 18.2 Å². The van der Waals surface area contributed by atoms with Gasteiger partial charge in [-0.15, -0.1) is 0 Å². The fourth-order valence-corrected chi connectivity index (χ4v) is 2.77. The van der Waals surface area contributed by atoms with Gasteiger partial charge in [-0.3, -0.25) is 0 Å². The predicted octanol–water partition coefficient (Wildman–Crippen LogP) is 3.62. The van der Waals surface area contributed by atoms with Crippen molar-refractivity contribution in [3.63, 3.8) is 0 Å². The summed E-state index contributed by atoms with van der Waals surface area (Å²) in [5.74, 6) is 0.912. The molecule has 0 spiro atoms. The van der Waals surface area contributed by atoms with Crippen molar-refractivity contribution in [3.8, 4) is 0 Å². The first kappa shape index (κ1) is 12.6. The van der Waals surface area contributed by atoms with Gasteiger partial charge in [0.25, 0.3) is 0 Å². The molecule has 0 radical (unpaired) electrons. The van der Waals surface area contributed by atoms with Gasteiger partial charge >= 0.3 is 0 Å². The van der Waals surface area contributed by atoms with E-state index in [1.165, 1.54) is 42.4 Å². The first-order valence-corrected chi connectivity index (χ1v) is 7.00. The van der Waals surface area contributed by atoms with Gasteiger partial charge in [-0.2, -0.15) is 0 Å². The summed E-state index contributed by atoms with van der Waals surface area (Å²) in [6.07, 6.45) is 5.47. The lowest BCUT2D eigenvalue weighted by atomic mass is 9.77. The molecular weight excluding hydrogens is 206 g/mol. The van der Waals surface area contributed by atoms with Crippen LogP contribution in [-0.2, 0) is 6.42 Å². The van der Waals surface area contributed by atoms with E-state index < -0.39 is 0 Å². The fourth-order valence-electron chi connectivity index (χ4n) is 2.77. The van der Waals surface area contributed by atoms with Gasteiger partial charge in [0.15, 0.2) is 0 Å². The van der Waals surface area contributed by atoms with Gasteiger partial charge in [-0.25, -0.2) is 0 Å². The smallest absolute Gasteiger partial charge is 0.0136 e. The summed E-state index contributed by atoms with van der Waals surface area (Å²) in [5.41, 5.74) is 4.36. The number of benzene rings is 1. The van der Waals surface area contributed by atoms with Crippen LogP contribution in [0.2, 0.25) is 0 Å². The number of rotatable bonds is 5. The molecule has 1 saturated carbocycles. The highest BCUT2D eigenvalue weighted by molar-refractivity contribution is 5.31. The van der Waals surface area contributed by atoms with Crippen LogP contribution in [0.25, 0.3) is 0 Å². The Morgan fingerprint density at radius 1 is 1.29 bits per heavy atom. The summed E-state index contributed by atoms with van der Waals surface area (Å²) in [4.78, 5) is 0. The summed E-state index contributed by atoms with van der Waals surface area (Å²) in [7, 11) is 0. The molecule has 1 unspecified atom stereocenters. The third-order valence-electron chi connectivity index (χ3n) is 4.13. The molecule has 1 atom stereocenters. The van der Waals surface area contributed by atoms with Gasteiger partial charge < -0.3 is 5.32 Å². The van der Waals surface area contributed by atoms with Crippen molar-refractivity contribution in [2.24, 2.45) is 5.92 Å².